The Labute approximate surface area is 109 Å². The van der Waals surface area contributed by atoms with Gasteiger partial charge in [0.1, 0.15) is 5.82 Å². The predicted molar refractivity (Wildman–Crippen MR) is 68.4 cm³/mol. The van der Waals surface area contributed by atoms with Crippen LogP contribution in [-0.4, -0.2) is 36.1 Å². The number of amides is 1. The quantitative estimate of drug-likeness (QED) is 0.768. The second-order valence-corrected chi connectivity index (χ2v) is 3.72. The van der Waals surface area contributed by atoms with Gasteiger partial charge in [-0.05, 0) is 12.1 Å². The average molecular weight is 262 g/mol. The summed E-state index contributed by atoms with van der Waals surface area (Å²) in [5.41, 5.74) is 5.98. The van der Waals surface area contributed by atoms with Crippen molar-refractivity contribution in [1.29, 1.82) is 0 Å². The number of nitrogens with zero attached hydrogens (tertiary/aromatic N) is 2. The summed E-state index contributed by atoms with van der Waals surface area (Å²) in [7, 11) is 1.56. The molecule has 0 spiro atoms. The lowest BCUT2D eigenvalue weighted by atomic mass is 10.3. The Morgan fingerprint density at radius 2 is 2.42 bits per heavy atom. The molecule has 0 aliphatic heterocycles. The summed E-state index contributed by atoms with van der Waals surface area (Å²) in [4.78, 5) is 19.9. The van der Waals surface area contributed by atoms with Gasteiger partial charge in [-0.3, -0.25) is 4.79 Å². The van der Waals surface area contributed by atoms with E-state index in [0.29, 0.717) is 24.7 Å². The number of furan rings is 1. The lowest BCUT2D eigenvalue weighted by molar-refractivity contribution is 0.0937. The summed E-state index contributed by atoms with van der Waals surface area (Å²) in [6.45, 7) is 0.825. The Kier molecular flexibility index (Phi) is 4.09. The molecular formula is C12H14N4O3. The minimum atomic E-state index is -0.333. The van der Waals surface area contributed by atoms with Crippen LogP contribution in [0.5, 0.6) is 0 Å². The van der Waals surface area contributed by atoms with Crippen LogP contribution >= 0.6 is 0 Å². The van der Waals surface area contributed by atoms with Gasteiger partial charge in [-0.25, -0.2) is 9.97 Å². The van der Waals surface area contributed by atoms with E-state index < -0.39 is 0 Å². The maximum absolute atomic E-state index is 11.8. The molecular weight excluding hydrogens is 248 g/mol. The summed E-state index contributed by atoms with van der Waals surface area (Å²) in [5, 5.41) is 2.65. The zero-order valence-electron chi connectivity index (χ0n) is 10.4. The standard InChI is InChI=1S/C12H14N4O3/c1-18-6-4-14-12(17)8-7-15-11(16-10(8)13)9-3-2-5-19-9/h2-3,5,7H,4,6H2,1H3,(H,14,17)(H2,13,15,16). The lowest BCUT2D eigenvalue weighted by Crippen LogP contribution is -2.28. The molecule has 2 rings (SSSR count). The summed E-state index contributed by atoms with van der Waals surface area (Å²) in [6.07, 6.45) is 2.89. The third-order valence-electron chi connectivity index (χ3n) is 2.40. The Balaban J connectivity index is 2.13. The van der Waals surface area contributed by atoms with Gasteiger partial charge in [-0.1, -0.05) is 0 Å². The third-order valence-corrected chi connectivity index (χ3v) is 2.40. The second kappa shape index (κ2) is 5.96. The van der Waals surface area contributed by atoms with Crippen molar-refractivity contribution in [2.75, 3.05) is 26.0 Å². The number of carbonyl (C=O) groups excluding carboxylic acids is 1. The molecule has 2 heterocycles. The van der Waals surface area contributed by atoms with Gasteiger partial charge in [0.15, 0.2) is 11.6 Å². The van der Waals surface area contributed by atoms with Gasteiger partial charge >= 0.3 is 0 Å². The van der Waals surface area contributed by atoms with Crippen molar-refractivity contribution >= 4 is 11.7 Å². The van der Waals surface area contributed by atoms with Crippen LogP contribution in [0.4, 0.5) is 5.82 Å². The zero-order chi connectivity index (χ0) is 13.7. The molecule has 2 aromatic rings. The maximum Gasteiger partial charge on any atom is 0.256 e. The molecule has 0 saturated heterocycles. The summed E-state index contributed by atoms with van der Waals surface area (Å²) >= 11 is 0. The fourth-order valence-corrected chi connectivity index (χ4v) is 1.46. The first-order valence-electron chi connectivity index (χ1n) is 5.66. The molecule has 0 radical (unpaired) electrons. The monoisotopic (exact) mass is 262 g/mol. The van der Waals surface area contributed by atoms with E-state index in [1.807, 2.05) is 0 Å². The SMILES string of the molecule is COCCNC(=O)c1cnc(-c2ccco2)nc1N. The Bertz CT molecular complexity index is 554. The number of nitrogens with two attached hydrogens (primary N) is 1. The lowest BCUT2D eigenvalue weighted by Gasteiger charge is -2.06. The highest BCUT2D eigenvalue weighted by molar-refractivity contribution is 5.98. The van der Waals surface area contributed by atoms with Crippen molar-refractivity contribution in [3.05, 3.63) is 30.2 Å². The number of aromatic nitrogens is 2. The number of anilines is 1. The van der Waals surface area contributed by atoms with Crippen LogP contribution < -0.4 is 11.1 Å². The van der Waals surface area contributed by atoms with Gasteiger partial charge in [0.2, 0.25) is 0 Å². The average Bonchev–Trinajstić information content (AvgIpc) is 2.92. The van der Waals surface area contributed by atoms with Gasteiger partial charge < -0.3 is 20.2 Å². The van der Waals surface area contributed by atoms with Crippen LogP contribution in [0.3, 0.4) is 0 Å². The summed E-state index contributed by atoms with van der Waals surface area (Å²) in [6, 6.07) is 3.44. The first kappa shape index (κ1) is 13.0. The van der Waals surface area contributed by atoms with Gasteiger partial charge in [-0.2, -0.15) is 0 Å². The zero-order valence-corrected chi connectivity index (χ0v) is 10.4. The molecule has 100 valence electrons. The second-order valence-electron chi connectivity index (χ2n) is 3.72. The molecule has 7 heteroatoms. The van der Waals surface area contributed by atoms with Crippen molar-refractivity contribution in [1.82, 2.24) is 15.3 Å². The first-order chi connectivity index (χ1) is 9.22. The molecule has 0 aliphatic carbocycles. The molecule has 0 saturated carbocycles. The van der Waals surface area contributed by atoms with Crippen LogP contribution in [0.1, 0.15) is 10.4 Å². The number of carbonyl (C=O) groups is 1. The molecule has 1 amide bonds. The van der Waals surface area contributed by atoms with E-state index in [1.54, 1.807) is 19.2 Å². The molecule has 0 bridgehead atoms. The number of hydrogen-bond acceptors (Lipinski definition) is 6. The number of ether oxygens (including phenoxy) is 1. The fraction of sp³-hybridized carbons (Fsp3) is 0.250. The number of nitrogen functional groups attached to an aromatic ring is 1. The number of hydrogen-bond donors (Lipinski definition) is 2. The molecule has 0 unspecified atom stereocenters. The molecule has 7 nitrogen and oxygen atoms in total. The third kappa shape index (κ3) is 3.08. The Morgan fingerprint density at radius 1 is 1.58 bits per heavy atom. The van der Waals surface area contributed by atoms with E-state index in [2.05, 4.69) is 15.3 Å². The van der Waals surface area contributed by atoms with E-state index in [0.717, 1.165) is 0 Å². The smallest absolute Gasteiger partial charge is 0.256 e. The van der Waals surface area contributed by atoms with Gasteiger partial charge in [0, 0.05) is 19.9 Å². The fourth-order valence-electron chi connectivity index (χ4n) is 1.46. The molecule has 0 aliphatic rings. The predicted octanol–water partition coefficient (Wildman–Crippen LogP) is 0.695. The minimum absolute atomic E-state index is 0.108. The minimum Gasteiger partial charge on any atom is -0.461 e. The Hall–Kier alpha value is -2.41. The van der Waals surface area contributed by atoms with Crippen LogP contribution in [0.2, 0.25) is 0 Å². The largest absolute Gasteiger partial charge is 0.461 e. The number of nitrogens with one attached hydrogen (secondary N) is 1. The van der Waals surface area contributed by atoms with Gasteiger partial charge in [0.05, 0.1) is 18.4 Å². The van der Waals surface area contributed by atoms with Crippen molar-refractivity contribution in [2.45, 2.75) is 0 Å². The normalized spacial score (nSPS) is 10.4. The number of methoxy groups -OCH3 is 1. The highest BCUT2D eigenvalue weighted by Gasteiger charge is 2.13. The van der Waals surface area contributed by atoms with Crippen LogP contribution in [0.25, 0.3) is 11.6 Å². The molecule has 0 atom stereocenters. The molecule has 19 heavy (non-hydrogen) atoms. The van der Waals surface area contributed by atoms with Crippen molar-refractivity contribution < 1.29 is 13.9 Å². The van der Waals surface area contributed by atoms with Crippen molar-refractivity contribution in [3.8, 4) is 11.6 Å². The van der Waals surface area contributed by atoms with E-state index in [9.17, 15) is 4.79 Å². The van der Waals surface area contributed by atoms with Crippen LogP contribution in [0, 0.1) is 0 Å². The molecule has 3 N–H and O–H groups in total. The van der Waals surface area contributed by atoms with Crippen LogP contribution in [-0.2, 0) is 4.74 Å². The van der Waals surface area contributed by atoms with E-state index in [4.69, 9.17) is 14.9 Å². The summed E-state index contributed by atoms with van der Waals surface area (Å²) < 4.78 is 9.99. The van der Waals surface area contributed by atoms with Crippen molar-refractivity contribution in [2.24, 2.45) is 0 Å². The summed E-state index contributed by atoms with van der Waals surface area (Å²) in [5.74, 6) is 0.617. The van der Waals surface area contributed by atoms with E-state index >= 15 is 0 Å². The van der Waals surface area contributed by atoms with Gasteiger partial charge in [0.25, 0.3) is 5.91 Å². The molecule has 0 aromatic carbocycles. The Morgan fingerprint density at radius 3 is 3.05 bits per heavy atom. The topological polar surface area (TPSA) is 103 Å². The highest BCUT2D eigenvalue weighted by atomic mass is 16.5. The highest BCUT2D eigenvalue weighted by Crippen LogP contribution is 2.17. The van der Waals surface area contributed by atoms with E-state index in [1.165, 1.54) is 12.5 Å². The number of rotatable bonds is 5. The first-order valence-corrected chi connectivity index (χ1v) is 5.66. The van der Waals surface area contributed by atoms with Gasteiger partial charge in [-0.15, -0.1) is 0 Å². The van der Waals surface area contributed by atoms with Crippen LogP contribution in [0.15, 0.2) is 29.0 Å². The molecule has 2 aromatic heterocycles. The van der Waals surface area contributed by atoms with Crippen molar-refractivity contribution in [3.63, 3.8) is 0 Å². The molecule has 0 fully saturated rings. The maximum atomic E-state index is 11.8. The van der Waals surface area contributed by atoms with E-state index in [-0.39, 0.29) is 17.3 Å².